The molecule has 0 saturated carbocycles. The third kappa shape index (κ3) is 4.96. The average molecular weight is 446 g/mol. The first-order valence-corrected chi connectivity index (χ1v) is 9.96. The van der Waals surface area contributed by atoms with Crippen molar-refractivity contribution in [1.29, 1.82) is 0 Å². The van der Waals surface area contributed by atoms with Crippen molar-refractivity contribution >= 4 is 23.7 Å². The van der Waals surface area contributed by atoms with Crippen molar-refractivity contribution in [1.82, 2.24) is 15.2 Å². The van der Waals surface area contributed by atoms with Crippen molar-refractivity contribution in [3.63, 3.8) is 0 Å². The lowest BCUT2D eigenvalue weighted by Crippen LogP contribution is -2.47. The molecule has 0 radical (unpaired) electrons. The summed E-state index contributed by atoms with van der Waals surface area (Å²) in [5.74, 6) is -1.25. The molecule has 1 aliphatic rings. The molecule has 0 fully saturated rings. The van der Waals surface area contributed by atoms with Gasteiger partial charge in [-0.2, -0.15) is 13.2 Å². The number of urea groups is 1. The molecule has 7 nitrogen and oxygen atoms in total. The van der Waals surface area contributed by atoms with Crippen LogP contribution in [0.5, 0.6) is 0 Å². The molecule has 1 N–H and O–H groups in total. The fourth-order valence-electron chi connectivity index (χ4n) is 3.08. The van der Waals surface area contributed by atoms with E-state index < -0.39 is 29.2 Å². The van der Waals surface area contributed by atoms with Crippen LogP contribution in [0.3, 0.4) is 0 Å². The highest BCUT2D eigenvalue weighted by Crippen LogP contribution is 2.33. The molecular weight excluding hydrogens is 425 g/mol. The molecule has 1 aliphatic heterocycles. The number of aromatic nitrogens is 1. The Bertz CT molecular complexity index is 1040. The molecule has 32 heavy (non-hydrogen) atoms. The smallest absolute Gasteiger partial charge is 0.352 e. The maximum absolute atomic E-state index is 13.3. The third-order valence-corrected chi connectivity index (χ3v) is 4.76. The van der Waals surface area contributed by atoms with Crippen molar-refractivity contribution in [3.05, 3.63) is 71.6 Å². The van der Waals surface area contributed by atoms with Crippen LogP contribution >= 0.6 is 0 Å². The Balaban J connectivity index is 1.79. The largest absolute Gasteiger partial charge is 0.417 e. The second kappa shape index (κ2) is 9.63. The zero-order chi connectivity index (χ0) is 23.3. The van der Waals surface area contributed by atoms with Gasteiger partial charge in [-0.05, 0) is 36.8 Å². The van der Waals surface area contributed by atoms with Gasteiger partial charge in [0.05, 0.1) is 23.2 Å². The standard InChI is InChI=1S/C22H21F3N4O3/c1-2-3-11-26-19(30)15-9-10-18(27-14-15)28-12-6-13-29(21(28)32)20(31)16-7-4-5-8-17(16)22(23,24)25/h4-10,12,14H,2-3,11,13H2,1H3,(H,26,30). The molecule has 0 spiro atoms. The predicted molar refractivity (Wildman–Crippen MR) is 111 cm³/mol. The summed E-state index contributed by atoms with van der Waals surface area (Å²) in [6, 6.07) is 6.36. The number of amides is 4. The molecule has 0 saturated heterocycles. The Morgan fingerprint density at radius 1 is 1.16 bits per heavy atom. The number of carbonyl (C=O) groups excluding carboxylic acids is 3. The molecule has 4 amide bonds. The molecule has 2 heterocycles. The number of halogens is 3. The summed E-state index contributed by atoms with van der Waals surface area (Å²) in [6.07, 6.45) is 1.16. The number of rotatable bonds is 6. The highest BCUT2D eigenvalue weighted by molar-refractivity contribution is 6.10. The second-order valence-electron chi connectivity index (χ2n) is 7.01. The molecule has 10 heteroatoms. The number of pyridine rings is 1. The van der Waals surface area contributed by atoms with E-state index in [0.29, 0.717) is 17.0 Å². The lowest BCUT2D eigenvalue weighted by molar-refractivity contribution is -0.138. The fraction of sp³-hybridized carbons (Fsp3) is 0.273. The summed E-state index contributed by atoms with van der Waals surface area (Å²) in [5, 5.41) is 2.75. The van der Waals surface area contributed by atoms with Crippen LogP contribution in [0.4, 0.5) is 23.8 Å². The molecule has 0 atom stereocenters. The number of anilines is 1. The number of nitrogens with one attached hydrogen (secondary N) is 1. The summed E-state index contributed by atoms with van der Waals surface area (Å²) < 4.78 is 39.9. The van der Waals surface area contributed by atoms with Gasteiger partial charge in [-0.25, -0.2) is 9.78 Å². The second-order valence-corrected chi connectivity index (χ2v) is 7.01. The van der Waals surface area contributed by atoms with Crippen molar-refractivity contribution in [3.8, 4) is 0 Å². The molecule has 2 aromatic rings. The molecule has 0 aliphatic carbocycles. The Kier molecular flexibility index (Phi) is 6.92. The van der Waals surface area contributed by atoms with Crippen LogP contribution in [-0.4, -0.2) is 40.8 Å². The minimum Gasteiger partial charge on any atom is -0.352 e. The summed E-state index contributed by atoms with van der Waals surface area (Å²) >= 11 is 0. The number of carbonyl (C=O) groups is 3. The minimum atomic E-state index is -4.74. The van der Waals surface area contributed by atoms with Crippen molar-refractivity contribution in [2.75, 3.05) is 18.0 Å². The van der Waals surface area contributed by atoms with E-state index in [9.17, 15) is 27.6 Å². The van der Waals surface area contributed by atoms with Crippen molar-refractivity contribution < 1.29 is 27.6 Å². The quantitative estimate of drug-likeness (QED) is 0.674. The number of imide groups is 1. The van der Waals surface area contributed by atoms with Gasteiger partial charge in [0.2, 0.25) is 0 Å². The summed E-state index contributed by atoms with van der Waals surface area (Å²) in [4.78, 5) is 43.6. The van der Waals surface area contributed by atoms with E-state index >= 15 is 0 Å². The van der Waals surface area contributed by atoms with E-state index in [0.717, 1.165) is 29.9 Å². The van der Waals surface area contributed by atoms with Crippen LogP contribution in [0, 0.1) is 0 Å². The Hall–Kier alpha value is -3.69. The maximum atomic E-state index is 13.3. The zero-order valence-electron chi connectivity index (χ0n) is 17.2. The van der Waals surface area contributed by atoms with Crippen molar-refractivity contribution in [2.24, 2.45) is 0 Å². The van der Waals surface area contributed by atoms with E-state index in [1.54, 1.807) is 0 Å². The number of unbranched alkanes of at least 4 members (excludes halogenated alkanes) is 1. The van der Waals surface area contributed by atoms with E-state index in [1.807, 2.05) is 6.92 Å². The molecule has 0 bridgehead atoms. The zero-order valence-corrected chi connectivity index (χ0v) is 17.2. The van der Waals surface area contributed by atoms with Gasteiger partial charge >= 0.3 is 12.2 Å². The highest BCUT2D eigenvalue weighted by atomic mass is 19.4. The van der Waals surface area contributed by atoms with Crippen LogP contribution in [0.2, 0.25) is 0 Å². The predicted octanol–water partition coefficient (Wildman–Crippen LogP) is 4.23. The van der Waals surface area contributed by atoms with Gasteiger partial charge in [-0.1, -0.05) is 25.5 Å². The third-order valence-electron chi connectivity index (χ3n) is 4.76. The number of hydrogen-bond acceptors (Lipinski definition) is 4. The monoisotopic (exact) mass is 446 g/mol. The molecular formula is C22H21F3N4O3. The SMILES string of the molecule is CCCCNC(=O)c1ccc(N2C=CCN(C(=O)c3ccccc3C(F)(F)F)C2=O)nc1. The van der Waals surface area contributed by atoms with E-state index in [4.69, 9.17) is 0 Å². The highest BCUT2D eigenvalue weighted by Gasteiger charge is 2.38. The van der Waals surface area contributed by atoms with Crippen LogP contribution < -0.4 is 10.2 Å². The molecule has 1 aromatic carbocycles. The normalized spacial score (nSPS) is 13.9. The first-order chi connectivity index (χ1) is 15.2. The van der Waals surface area contributed by atoms with Gasteiger partial charge < -0.3 is 5.32 Å². The van der Waals surface area contributed by atoms with Crippen molar-refractivity contribution in [2.45, 2.75) is 25.9 Å². The Morgan fingerprint density at radius 3 is 2.56 bits per heavy atom. The molecule has 168 valence electrons. The Labute approximate surface area is 182 Å². The van der Waals surface area contributed by atoms with E-state index in [1.165, 1.54) is 42.7 Å². The Morgan fingerprint density at radius 2 is 1.91 bits per heavy atom. The van der Waals surface area contributed by atoms with Crippen LogP contribution in [0.1, 0.15) is 46.0 Å². The summed E-state index contributed by atoms with van der Waals surface area (Å²) in [6.45, 7) is 2.35. The maximum Gasteiger partial charge on any atom is 0.417 e. The van der Waals surface area contributed by atoms with Crippen LogP contribution in [0.15, 0.2) is 54.9 Å². The molecule has 1 aromatic heterocycles. The van der Waals surface area contributed by atoms with Gasteiger partial charge in [-0.3, -0.25) is 19.4 Å². The van der Waals surface area contributed by atoms with Crippen LogP contribution in [-0.2, 0) is 6.18 Å². The fourth-order valence-corrected chi connectivity index (χ4v) is 3.08. The van der Waals surface area contributed by atoms with Gasteiger partial charge in [0, 0.05) is 18.9 Å². The first kappa shape index (κ1) is 23.0. The summed E-state index contributed by atoms with van der Waals surface area (Å²) in [7, 11) is 0. The van der Waals surface area contributed by atoms with Gasteiger partial charge in [0.1, 0.15) is 5.82 Å². The number of hydrogen-bond donors (Lipinski definition) is 1. The lowest BCUT2D eigenvalue weighted by atomic mass is 10.1. The van der Waals surface area contributed by atoms with Gasteiger partial charge in [0.15, 0.2) is 0 Å². The summed E-state index contributed by atoms with van der Waals surface area (Å²) in [5.41, 5.74) is -1.43. The molecule has 3 rings (SSSR count). The topological polar surface area (TPSA) is 82.6 Å². The lowest BCUT2D eigenvalue weighted by Gasteiger charge is -2.30. The average Bonchev–Trinajstić information content (AvgIpc) is 2.78. The first-order valence-electron chi connectivity index (χ1n) is 9.96. The number of nitrogens with zero attached hydrogens (tertiary/aromatic N) is 3. The van der Waals surface area contributed by atoms with Gasteiger partial charge in [-0.15, -0.1) is 0 Å². The minimum absolute atomic E-state index is 0.123. The van der Waals surface area contributed by atoms with Gasteiger partial charge in [0.25, 0.3) is 11.8 Å². The van der Waals surface area contributed by atoms with E-state index in [-0.39, 0.29) is 18.3 Å². The number of benzene rings is 1. The number of alkyl halides is 3. The van der Waals surface area contributed by atoms with Crippen LogP contribution in [0.25, 0.3) is 0 Å². The van der Waals surface area contributed by atoms with E-state index in [2.05, 4.69) is 10.3 Å². The molecule has 0 unspecified atom stereocenters.